The van der Waals surface area contributed by atoms with E-state index in [1.165, 1.54) is 0 Å². The van der Waals surface area contributed by atoms with E-state index >= 15 is 0 Å². The van der Waals surface area contributed by atoms with Gasteiger partial charge in [-0.3, -0.25) is 4.79 Å². The molecule has 28 heavy (non-hydrogen) atoms. The predicted octanol–water partition coefficient (Wildman–Crippen LogP) is 3.64. The third kappa shape index (κ3) is 5.76. The Bertz CT molecular complexity index is 854. The van der Waals surface area contributed by atoms with Gasteiger partial charge in [0.1, 0.15) is 18.1 Å². The van der Waals surface area contributed by atoms with Gasteiger partial charge in [-0.1, -0.05) is 12.1 Å². The van der Waals surface area contributed by atoms with Crippen LogP contribution < -0.4 is 25.8 Å². The molecule has 0 atom stereocenters. The first-order chi connectivity index (χ1) is 13.3. The number of anilines is 1. The average Bonchev–Trinajstić information content (AvgIpc) is 2.67. The number of hydrogen-bond donors (Lipinski definition) is 3. The Balaban J connectivity index is 2.29. The van der Waals surface area contributed by atoms with E-state index in [0.29, 0.717) is 29.4 Å². The third-order valence-electron chi connectivity index (χ3n) is 4.02. The molecule has 0 aliphatic heterocycles. The van der Waals surface area contributed by atoms with Crippen molar-refractivity contribution in [1.82, 2.24) is 5.32 Å². The van der Waals surface area contributed by atoms with Crippen LogP contribution in [0.1, 0.15) is 36.7 Å². The molecular formula is C22H29N3O3. The molecule has 0 radical (unpaired) electrons. The van der Waals surface area contributed by atoms with E-state index in [4.69, 9.17) is 15.2 Å². The summed E-state index contributed by atoms with van der Waals surface area (Å²) in [6.07, 6.45) is 1.95. The fraction of sp³-hybridized carbons (Fsp3) is 0.318. The van der Waals surface area contributed by atoms with Crippen molar-refractivity contribution in [3.05, 3.63) is 59.7 Å². The van der Waals surface area contributed by atoms with E-state index in [1.54, 1.807) is 31.4 Å². The lowest BCUT2D eigenvalue weighted by atomic mass is 10.1. The second kappa shape index (κ2) is 9.28. The van der Waals surface area contributed by atoms with Crippen LogP contribution in [-0.2, 0) is 0 Å². The summed E-state index contributed by atoms with van der Waals surface area (Å²) >= 11 is 0. The van der Waals surface area contributed by atoms with E-state index in [-0.39, 0.29) is 5.91 Å². The number of benzene rings is 2. The molecule has 6 nitrogen and oxygen atoms in total. The first kappa shape index (κ1) is 21.3. The van der Waals surface area contributed by atoms with E-state index in [0.717, 1.165) is 11.3 Å². The number of ether oxygens (including phenoxy) is 2. The van der Waals surface area contributed by atoms with Gasteiger partial charge in [-0.05, 0) is 57.2 Å². The van der Waals surface area contributed by atoms with Crippen LogP contribution in [0.25, 0.3) is 5.70 Å². The number of nitrogens with two attached hydrogens (primary N) is 1. The van der Waals surface area contributed by atoms with Crippen molar-refractivity contribution in [2.45, 2.75) is 26.3 Å². The Kier molecular flexibility index (Phi) is 7.06. The van der Waals surface area contributed by atoms with Crippen LogP contribution in [-0.4, -0.2) is 32.2 Å². The molecule has 0 bridgehead atoms. The van der Waals surface area contributed by atoms with E-state index in [2.05, 4.69) is 10.6 Å². The number of hydrogen-bond acceptors (Lipinski definition) is 5. The first-order valence-corrected chi connectivity index (χ1v) is 9.13. The molecule has 0 spiro atoms. The van der Waals surface area contributed by atoms with Crippen LogP contribution in [0.4, 0.5) is 5.69 Å². The molecule has 0 aliphatic carbocycles. The largest absolute Gasteiger partial charge is 0.497 e. The summed E-state index contributed by atoms with van der Waals surface area (Å²) in [6.45, 7) is 6.12. The van der Waals surface area contributed by atoms with Crippen LogP contribution in [0.2, 0.25) is 0 Å². The van der Waals surface area contributed by atoms with Crippen molar-refractivity contribution in [1.29, 1.82) is 0 Å². The highest BCUT2D eigenvalue weighted by Gasteiger charge is 2.16. The maximum Gasteiger partial charge on any atom is 0.255 e. The van der Waals surface area contributed by atoms with Crippen LogP contribution in [0, 0.1) is 0 Å². The minimum absolute atomic E-state index is 0.215. The first-order valence-electron chi connectivity index (χ1n) is 9.13. The highest BCUT2D eigenvalue weighted by molar-refractivity contribution is 6.04. The van der Waals surface area contributed by atoms with Crippen molar-refractivity contribution in [3.8, 4) is 11.5 Å². The minimum Gasteiger partial charge on any atom is -0.497 e. The maximum absolute atomic E-state index is 12.6. The fourth-order valence-electron chi connectivity index (χ4n) is 2.61. The zero-order valence-electron chi connectivity index (χ0n) is 17.1. The highest BCUT2D eigenvalue weighted by Crippen LogP contribution is 2.29. The van der Waals surface area contributed by atoms with Crippen LogP contribution in [0.15, 0.2) is 48.5 Å². The highest BCUT2D eigenvalue weighted by atomic mass is 16.5. The summed E-state index contributed by atoms with van der Waals surface area (Å²) in [6, 6.07) is 12.5. The Morgan fingerprint density at radius 1 is 1.21 bits per heavy atom. The summed E-state index contributed by atoms with van der Waals surface area (Å²) < 4.78 is 11.1. The molecule has 1 amide bonds. The van der Waals surface area contributed by atoms with Crippen LogP contribution in [0.5, 0.6) is 11.5 Å². The number of amides is 1. The number of rotatable bonds is 8. The third-order valence-corrected chi connectivity index (χ3v) is 4.02. The van der Waals surface area contributed by atoms with E-state index < -0.39 is 5.54 Å². The summed E-state index contributed by atoms with van der Waals surface area (Å²) in [5, 5.41) is 6.08. The SMILES string of the molecule is C/C=C(\NC)c1cc(NC(=O)c2cccc(OC)c2)ccc1OCC(C)(C)N. The predicted molar refractivity (Wildman–Crippen MR) is 114 cm³/mol. The molecule has 0 saturated carbocycles. The molecule has 0 heterocycles. The van der Waals surface area contributed by atoms with E-state index in [1.807, 2.05) is 52.1 Å². The van der Waals surface area contributed by atoms with Gasteiger partial charge in [-0.2, -0.15) is 0 Å². The lowest BCUT2D eigenvalue weighted by Gasteiger charge is -2.21. The molecule has 0 aromatic heterocycles. The van der Waals surface area contributed by atoms with Gasteiger partial charge in [-0.25, -0.2) is 0 Å². The van der Waals surface area contributed by atoms with Crippen LogP contribution in [0.3, 0.4) is 0 Å². The molecule has 2 aromatic carbocycles. The summed E-state index contributed by atoms with van der Waals surface area (Å²) in [4.78, 5) is 12.6. The summed E-state index contributed by atoms with van der Waals surface area (Å²) in [5.41, 5.74) is 8.50. The quantitative estimate of drug-likeness (QED) is 0.648. The Morgan fingerprint density at radius 2 is 1.96 bits per heavy atom. The molecule has 0 unspecified atom stereocenters. The van der Waals surface area contributed by atoms with Gasteiger partial charge in [0.2, 0.25) is 0 Å². The van der Waals surface area contributed by atoms with Gasteiger partial charge in [0.15, 0.2) is 0 Å². The standard InChI is InChI=1S/C22H29N3O3/c1-6-19(24-4)18-13-16(10-11-20(18)28-14-22(2,3)23)25-21(26)15-8-7-9-17(12-15)27-5/h6-13,24H,14,23H2,1-5H3,(H,25,26)/b19-6-. The monoisotopic (exact) mass is 383 g/mol. The second-order valence-electron chi connectivity index (χ2n) is 7.13. The van der Waals surface area contributed by atoms with E-state index in [9.17, 15) is 4.79 Å². The molecule has 0 fully saturated rings. The summed E-state index contributed by atoms with van der Waals surface area (Å²) in [7, 11) is 3.41. The minimum atomic E-state index is -0.452. The number of carbonyl (C=O) groups is 1. The molecule has 6 heteroatoms. The van der Waals surface area contributed by atoms with Crippen molar-refractivity contribution >= 4 is 17.3 Å². The Labute approximate surface area is 166 Å². The molecule has 2 aromatic rings. The Hall–Kier alpha value is -2.99. The van der Waals surface area contributed by atoms with Gasteiger partial charge in [0.25, 0.3) is 5.91 Å². The smallest absolute Gasteiger partial charge is 0.255 e. The fourth-order valence-corrected chi connectivity index (χ4v) is 2.61. The lowest BCUT2D eigenvalue weighted by molar-refractivity contribution is 0.102. The number of methoxy groups -OCH3 is 1. The molecule has 150 valence electrons. The maximum atomic E-state index is 12.6. The number of nitrogens with one attached hydrogen (secondary N) is 2. The lowest BCUT2D eigenvalue weighted by Crippen LogP contribution is -2.38. The van der Waals surface area contributed by atoms with Gasteiger partial charge in [0.05, 0.1) is 7.11 Å². The molecule has 0 saturated heterocycles. The van der Waals surface area contributed by atoms with Crippen molar-refractivity contribution in [3.63, 3.8) is 0 Å². The van der Waals surface area contributed by atoms with Crippen LogP contribution >= 0.6 is 0 Å². The average molecular weight is 383 g/mol. The Morgan fingerprint density at radius 3 is 2.57 bits per heavy atom. The number of carbonyl (C=O) groups excluding carboxylic acids is 1. The number of allylic oxidation sites excluding steroid dienone is 1. The molecule has 4 N–H and O–H groups in total. The van der Waals surface area contributed by atoms with Gasteiger partial charge >= 0.3 is 0 Å². The topological polar surface area (TPSA) is 85.6 Å². The van der Waals surface area contributed by atoms with Gasteiger partial charge in [0, 0.05) is 35.1 Å². The van der Waals surface area contributed by atoms with Crippen molar-refractivity contribution < 1.29 is 14.3 Å². The summed E-state index contributed by atoms with van der Waals surface area (Å²) in [5.74, 6) is 1.11. The zero-order valence-corrected chi connectivity index (χ0v) is 17.1. The van der Waals surface area contributed by atoms with Gasteiger partial charge in [-0.15, -0.1) is 0 Å². The van der Waals surface area contributed by atoms with Crippen molar-refractivity contribution in [2.75, 3.05) is 26.1 Å². The molecule has 2 rings (SSSR count). The van der Waals surface area contributed by atoms with Gasteiger partial charge < -0.3 is 25.8 Å². The molecular weight excluding hydrogens is 354 g/mol. The van der Waals surface area contributed by atoms with Crippen molar-refractivity contribution in [2.24, 2.45) is 5.73 Å². The second-order valence-corrected chi connectivity index (χ2v) is 7.13. The zero-order chi connectivity index (χ0) is 20.7. The molecule has 0 aliphatic rings. The normalized spacial score (nSPS) is 11.7.